The monoisotopic (exact) mass is 631 g/mol. The maximum absolute atomic E-state index is 14.1. The van der Waals surface area contributed by atoms with Gasteiger partial charge in [-0.1, -0.05) is 92.0 Å². The molecule has 0 aromatic heterocycles. The van der Waals surface area contributed by atoms with Crippen LogP contribution in [0.15, 0.2) is 84.7 Å². The van der Waals surface area contributed by atoms with Crippen LogP contribution >= 0.6 is 0 Å². The van der Waals surface area contributed by atoms with Gasteiger partial charge in [0.25, 0.3) is 0 Å². The first-order valence-electron chi connectivity index (χ1n) is 16.0. The van der Waals surface area contributed by atoms with E-state index >= 15 is 0 Å². The van der Waals surface area contributed by atoms with Crippen molar-refractivity contribution in [1.29, 1.82) is 0 Å². The van der Waals surface area contributed by atoms with E-state index in [1.54, 1.807) is 24.9 Å². The van der Waals surface area contributed by atoms with Crippen LogP contribution in [0, 0.1) is 11.3 Å². The summed E-state index contributed by atoms with van der Waals surface area (Å²) in [6, 6.07) is 15.0. The quantitative estimate of drug-likeness (QED) is 0.103. The molecule has 0 aliphatic rings. The number of hydrogen-bond donors (Lipinski definition) is 5. The Morgan fingerprint density at radius 1 is 1.02 bits per heavy atom. The predicted octanol–water partition coefficient (Wildman–Crippen LogP) is 6.72. The molecule has 3 atom stereocenters. The Hall–Kier alpha value is -4.04. The molecule has 0 saturated heterocycles. The zero-order valence-electron chi connectivity index (χ0n) is 29.6. The lowest BCUT2D eigenvalue weighted by atomic mass is 9.75. The van der Waals surface area contributed by atoms with Crippen LogP contribution in [0.25, 0.3) is 0 Å². The minimum Gasteiger partial charge on any atom is -0.478 e. The van der Waals surface area contributed by atoms with Gasteiger partial charge in [-0.25, -0.2) is 4.79 Å². The molecule has 0 spiro atoms. The number of amides is 1. The Morgan fingerprint density at radius 2 is 1.63 bits per heavy atom. The van der Waals surface area contributed by atoms with Gasteiger partial charge in [-0.15, -0.1) is 0 Å². The minimum atomic E-state index is -0.994. The summed E-state index contributed by atoms with van der Waals surface area (Å²) in [5.74, 6) is -1.10. The third-order valence-corrected chi connectivity index (χ3v) is 8.66. The number of aliphatic carboxylic acids is 1. The third kappa shape index (κ3) is 10.2. The van der Waals surface area contributed by atoms with Crippen molar-refractivity contribution in [3.05, 3.63) is 95.9 Å². The van der Waals surface area contributed by atoms with Crippen LogP contribution in [0.1, 0.15) is 72.9 Å². The molecule has 0 fully saturated rings. The second-order valence-electron chi connectivity index (χ2n) is 14.3. The highest BCUT2D eigenvalue weighted by Crippen LogP contribution is 2.33. The SMILES string of the molecule is C=C(CCc1ccc(N)cc1)Nc1cccc(C(C)(C)[C@H](NC)C(=C)NC(C(=O)N(C)[C@H](/C=C(\C)C(=O)O)C(C)C)C(C)(C)C)c1. The van der Waals surface area contributed by atoms with Crippen LogP contribution in [-0.4, -0.2) is 54.1 Å². The molecule has 8 heteroatoms. The fourth-order valence-electron chi connectivity index (χ4n) is 5.73. The van der Waals surface area contributed by atoms with Crippen molar-refractivity contribution in [2.24, 2.45) is 11.3 Å². The zero-order chi connectivity index (χ0) is 35.0. The van der Waals surface area contributed by atoms with E-state index in [0.717, 1.165) is 35.5 Å². The van der Waals surface area contributed by atoms with Crippen molar-refractivity contribution < 1.29 is 14.7 Å². The minimum absolute atomic E-state index is 0.0192. The van der Waals surface area contributed by atoms with Gasteiger partial charge in [0.05, 0.1) is 12.1 Å². The van der Waals surface area contributed by atoms with Gasteiger partial charge in [0.15, 0.2) is 0 Å². The molecule has 2 aromatic rings. The molecular formula is C38H57N5O3. The summed E-state index contributed by atoms with van der Waals surface area (Å²) in [6.45, 7) is 24.5. The fourth-order valence-corrected chi connectivity index (χ4v) is 5.73. The standard InChI is InChI=1S/C38H57N5O3/c1-24(2)32(22-25(3)36(45)46)43(12)35(44)34(37(6,7)8)42-27(5)33(40-11)38(9,10)29-14-13-15-31(23-29)41-26(4)16-17-28-18-20-30(39)21-19-28/h13-15,18-24,32-34,40-42H,4-5,16-17,39H2,1-3,6-12H3,(H,45,46)/b25-22+/t32-,33-,34?/m1/s1. The number of anilines is 2. The lowest BCUT2D eigenvalue weighted by Crippen LogP contribution is -2.57. The second-order valence-corrected chi connectivity index (χ2v) is 14.3. The number of hydrogen-bond acceptors (Lipinski definition) is 6. The van der Waals surface area contributed by atoms with E-state index < -0.39 is 22.8 Å². The maximum Gasteiger partial charge on any atom is 0.331 e. The fraction of sp³-hybridized carbons (Fsp3) is 0.474. The third-order valence-electron chi connectivity index (χ3n) is 8.66. The molecule has 252 valence electrons. The highest BCUT2D eigenvalue weighted by molar-refractivity contribution is 5.87. The Balaban J connectivity index is 2.26. The van der Waals surface area contributed by atoms with Gasteiger partial charge < -0.3 is 31.7 Å². The molecule has 2 aromatic carbocycles. The number of aryl methyl sites for hydroxylation is 1. The molecule has 0 saturated carbocycles. The second kappa shape index (κ2) is 16.0. The molecule has 0 heterocycles. The smallest absolute Gasteiger partial charge is 0.331 e. The number of nitrogen functional groups attached to an aromatic ring is 1. The number of benzene rings is 2. The van der Waals surface area contributed by atoms with Crippen LogP contribution in [0.3, 0.4) is 0 Å². The summed E-state index contributed by atoms with van der Waals surface area (Å²) in [5.41, 5.74) is 10.8. The summed E-state index contributed by atoms with van der Waals surface area (Å²) in [7, 11) is 3.64. The normalized spacial score (nSPS) is 14.3. The van der Waals surface area contributed by atoms with Gasteiger partial charge in [-0.05, 0) is 73.5 Å². The number of carbonyl (C=O) groups is 2. The molecule has 0 bridgehead atoms. The number of nitrogens with two attached hydrogens (primary N) is 1. The van der Waals surface area contributed by atoms with E-state index in [-0.39, 0.29) is 29.5 Å². The van der Waals surface area contributed by atoms with Crippen molar-refractivity contribution in [2.75, 3.05) is 25.1 Å². The molecule has 1 unspecified atom stereocenters. The van der Waals surface area contributed by atoms with Gasteiger partial charge >= 0.3 is 5.97 Å². The topological polar surface area (TPSA) is 120 Å². The van der Waals surface area contributed by atoms with E-state index in [2.05, 4.69) is 55.1 Å². The summed E-state index contributed by atoms with van der Waals surface area (Å²) < 4.78 is 0. The predicted molar refractivity (Wildman–Crippen MR) is 193 cm³/mol. The number of carbonyl (C=O) groups excluding carboxylic acids is 1. The van der Waals surface area contributed by atoms with Crippen molar-refractivity contribution in [3.63, 3.8) is 0 Å². The van der Waals surface area contributed by atoms with E-state index in [0.29, 0.717) is 5.70 Å². The Bertz CT molecular complexity index is 1400. The Morgan fingerprint density at radius 3 is 2.15 bits per heavy atom. The van der Waals surface area contributed by atoms with Crippen molar-refractivity contribution in [3.8, 4) is 0 Å². The van der Waals surface area contributed by atoms with Crippen LogP contribution in [0.4, 0.5) is 11.4 Å². The molecule has 8 nitrogen and oxygen atoms in total. The van der Waals surface area contributed by atoms with Crippen LogP contribution in [0.2, 0.25) is 0 Å². The highest BCUT2D eigenvalue weighted by atomic mass is 16.4. The van der Waals surface area contributed by atoms with Gasteiger partial charge in [-0.3, -0.25) is 4.79 Å². The van der Waals surface area contributed by atoms with Gasteiger partial charge in [0.2, 0.25) is 5.91 Å². The van der Waals surface area contributed by atoms with Crippen LogP contribution in [-0.2, 0) is 21.4 Å². The van der Waals surface area contributed by atoms with Crippen molar-refractivity contribution >= 4 is 23.3 Å². The summed E-state index contributed by atoms with van der Waals surface area (Å²) in [5, 5.41) is 19.9. The van der Waals surface area contributed by atoms with E-state index in [1.165, 1.54) is 5.56 Å². The van der Waals surface area contributed by atoms with Gasteiger partial charge in [-0.2, -0.15) is 0 Å². The molecule has 2 rings (SSSR count). The lowest BCUT2D eigenvalue weighted by Gasteiger charge is -2.42. The van der Waals surface area contributed by atoms with E-state index in [1.807, 2.05) is 78.1 Å². The zero-order valence-corrected chi connectivity index (χ0v) is 29.6. The number of allylic oxidation sites excluding steroid dienone is 1. The van der Waals surface area contributed by atoms with E-state index in [4.69, 9.17) is 5.73 Å². The van der Waals surface area contributed by atoms with Crippen LogP contribution in [0.5, 0.6) is 0 Å². The lowest BCUT2D eigenvalue weighted by molar-refractivity contribution is -0.137. The van der Waals surface area contributed by atoms with Crippen molar-refractivity contribution in [1.82, 2.24) is 15.5 Å². The molecule has 1 amide bonds. The molecular weight excluding hydrogens is 574 g/mol. The summed E-state index contributed by atoms with van der Waals surface area (Å²) in [6.07, 6.45) is 3.31. The van der Waals surface area contributed by atoms with Gasteiger partial charge in [0, 0.05) is 40.8 Å². The first kappa shape index (κ1) is 38.1. The summed E-state index contributed by atoms with van der Waals surface area (Å²) >= 11 is 0. The highest BCUT2D eigenvalue weighted by Gasteiger charge is 2.39. The average molecular weight is 632 g/mol. The number of carboxylic acid groups (broad SMARTS) is 1. The molecule has 46 heavy (non-hydrogen) atoms. The molecule has 0 aliphatic carbocycles. The first-order chi connectivity index (χ1) is 21.3. The number of nitrogens with one attached hydrogen (secondary N) is 3. The number of carboxylic acids is 1. The summed E-state index contributed by atoms with van der Waals surface area (Å²) in [4.78, 5) is 27.3. The Kier molecular flexibility index (Phi) is 13.3. The number of rotatable bonds is 16. The first-order valence-corrected chi connectivity index (χ1v) is 16.0. The molecule has 0 radical (unpaired) electrons. The Labute approximate surface area is 277 Å². The van der Waals surface area contributed by atoms with Gasteiger partial charge in [0.1, 0.15) is 6.04 Å². The molecule has 6 N–H and O–H groups in total. The molecule has 0 aliphatic heterocycles. The van der Waals surface area contributed by atoms with Crippen LogP contribution < -0.4 is 21.7 Å². The average Bonchev–Trinajstić information content (AvgIpc) is 2.97. The van der Waals surface area contributed by atoms with E-state index in [9.17, 15) is 14.7 Å². The number of likely N-dealkylation sites (N-methyl/N-ethyl adjacent to an activating group) is 2. The maximum atomic E-state index is 14.1. The largest absolute Gasteiger partial charge is 0.478 e. The number of nitrogens with zero attached hydrogens (tertiary/aromatic N) is 1. The van der Waals surface area contributed by atoms with Crippen molar-refractivity contribution in [2.45, 2.75) is 91.8 Å².